The van der Waals surface area contributed by atoms with Crippen LogP contribution in [0.2, 0.25) is 0 Å². The fourth-order valence-corrected chi connectivity index (χ4v) is 4.71. The van der Waals surface area contributed by atoms with Gasteiger partial charge in [-0.05, 0) is 50.6 Å². The summed E-state index contributed by atoms with van der Waals surface area (Å²) in [7, 11) is 2.19. The molecule has 2 heteroatoms. The highest BCUT2D eigenvalue weighted by Crippen LogP contribution is 2.55. The first-order valence-corrected chi connectivity index (χ1v) is 8.59. The number of hydrogen-bond donors (Lipinski definition) is 1. The van der Waals surface area contributed by atoms with Crippen molar-refractivity contribution in [1.29, 1.82) is 0 Å². The van der Waals surface area contributed by atoms with E-state index < -0.39 is 5.60 Å². The van der Waals surface area contributed by atoms with Crippen molar-refractivity contribution in [3.63, 3.8) is 0 Å². The molecule has 1 fully saturated rings. The van der Waals surface area contributed by atoms with E-state index in [1.165, 1.54) is 16.7 Å². The SMILES string of the molecule is Cc1cccc(C2(O)c3cc(C)ccc3C3CN(C)CCC32)c1. The summed E-state index contributed by atoms with van der Waals surface area (Å²) >= 11 is 0. The van der Waals surface area contributed by atoms with E-state index in [0.29, 0.717) is 5.92 Å². The van der Waals surface area contributed by atoms with Crippen LogP contribution >= 0.6 is 0 Å². The average Bonchev–Trinajstić information content (AvgIpc) is 2.77. The molecule has 1 aliphatic carbocycles. The molecule has 0 amide bonds. The molecule has 2 aromatic rings. The van der Waals surface area contributed by atoms with Crippen molar-refractivity contribution in [2.24, 2.45) is 5.92 Å². The summed E-state index contributed by atoms with van der Waals surface area (Å²) in [5.74, 6) is 0.701. The topological polar surface area (TPSA) is 23.5 Å². The maximum Gasteiger partial charge on any atom is 0.118 e. The number of piperidine rings is 1. The number of nitrogens with zero attached hydrogens (tertiary/aromatic N) is 1. The molecule has 2 nitrogen and oxygen atoms in total. The van der Waals surface area contributed by atoms with Crippen LogP contribution in [0, 0.1) is 19.8 Å². The van der Waals surface area contributed by atoms with Gasteiger partial charge >= 0.3 is 0 Å². The summed E-state index contributed by atoms with van der Waals surface area (Å²) in [5, 5.41) is 11.9. The van der Waals surface area contributed by atoms with Crippen molar-refractivity contribution in [2.75, 3.05) is 20.1 Å². The van der Waals surface area contributed by atoms with E-state index in [1.807, 2.05) is 0 Å². The highest BCUT2D eigenvalue weighted by Gasteiger charge is 2.53. The van der Waals surface area contributed by atoms with Crippen LogP contribution in [0.15, 0.2) is 42.5 Å². The Morgan fingerprint density at radius 2 is 1.87 bits per heavy atom. The van der Waals surface area contributed by atoms with E-state index in [4.69, 9.17) is 0 Å². The quantitative estimate of drug-likeness (QED) is 0.870. The molecule has 23 heavy (non-hydrogen) atoms. The first-order chi connectivity index (χ1) is 11.0. The predicted octanol–water partition coefficient (Wildman–Crippen LogP) is 3.59. The van der Waals surface area contributed by atoms with Gasteiger partial charge in [0.1, 0.15) is 5.60 Å². The average molecular weight is 307 g/mol. The van der Waals surface area contributed by atoms with E-state index in [1.54, 1.807) is 0 Å². The molecule has 1 heterocycles. The molecule has 1 saturated heterocycles. The Balaban J connectivity index is 1.93. The number of rotatable bonds is 1. The Kier molecular flexibility index (Phi) is 3.36. The summed E-state index contributed by atoms with van der Waals surface area (Å²) in [4.78, 5) is 2.40. The second kappa shape index (κ2) is 5.19. The second-order valence-corrected chi connectivity index (χ2v) is 7.49. The molecule has 0 bridgehead atoms. The Hall–Kier alpha value is -1.64. The standard InChI is InChI=1S/C21H25NO/c1-14-5-4-6-16(11-14)21(23)19-9-10-22(3)13-18(19)17-8-7-15(2)12-20(17)21/h4-8,11-12,18-19,23H,9-10,13H2,1-3H3. The van der Waals surface area contributed by atoms with Gasteiger partial charge in [-0.15, -0.1) is 0 Å². The fraction of sp³-hybridized carbons (Fsp3) is 0.429. The van der Waals surface area contributed by atoms with Gasteiger partial charge in [0.25, 0.3) is 0 Å². The van der Waals surface area contributed by atoms with Crippen molar-refractivity contribution >= 4 is 0 Å². The summed E-state index contributed by atoms with van der Waals surface area (Å²) in [6, 6.07) is 15.1. The normalized spacial score (nSPS) is 30.1. The number of benzene rings is 2. The first kappa shape index (κ1) is 14.9. The first-order valence-electron chi connectivity index (χ1n) is 8.59. The summed E-state index contributed by atoms with van der Waals surface area (Å²) in [6.07, 6.45) is 1.04. The Morgan fingerprint density at radius 3 is 2.65 bits per heavy atom. The largest absolute Gasteiger partial charge is 0.380 e. The number of hydrogen-bond acceptors (Lipinski definition) is 2. The lowest BCUT2D eigenvalue weighted by atomic mass is 9.74. The lowest BCUT2D eigenvalue weighted by molar-refractivity contribution is -0.00457. The third kappa shape index (κ3) is 2.16. The van der Waals surface area contributed by atoms with Gasteiger partial charge in [0.15, 0.2) is 0 Å². The zero-order valence-electron chi connectivity index (χ0n) is 14.2. The lowest BCUT2D eigenvalue weighted by Crippen LogP contribution is -2.42. The number of aryl methyl sites for hydroxylation is 2. The summed E-state index contributed by atoms with van der Waals surface area (Å²) in [6.45, 7) is 6.31. The molecule has 0 saturated carbocycles. The smallest absolute Gasteiger partial charge is 0.118 e. The van der Waals surface area contributed by atoms with Gasteiger partial charge in [-0.3, -0.25) is 0 Å². The second-order valence-electron chi connectivity index (χ2n) is 7.49. The van der Waals surface area contributed by atoms with Crippen molar-refractivity contribution in [3.8, 4) is 0 Å². The van der Waals surface area contributed by atoms with Crippen molar-refractivity contribution in [2.45, 2.75) is 31.8 Å². The molecule has 2 aromatic carbocycles. The molecule has 0 spiro atoms. The molecule has 1 aliphatic heterocycles. The van der Waals surface area contributed by atoms with E-state index in [0.717, 1.165) is 30.6 Å². The Morgan fingerprint density at radius 1 is 1.09 bits per heavy atom. The lowest BCUT2D eigenvalue weighted by Gasteiger charge is -2.40. The third-order valence-corrected chi connectivity index (χ3v) is 5.83. The van der Waals surface area contributed by atoms with Crippen molar-refractivity contribution < 1.29 is 5.11 Å². The monoisotopic (exact) mass is 307 g/mol. The molecule has 0 aromatic heterocycles. The minimum atomic E-state index is -0.848. The molecule has 0 radical (unpaired) electrons. The van der Waals surface area contributed by atoms with Gasteiger partial charge in [-0.1, -0.05) is 53.6 Å². The van der Waals surface area contributed by atoms with E-state index in [2.05, 4.69) is 68.3 Å². The van der Waals surface area contributed by atoms with E-state index >= 15 is 0 Å². The highest BCUT2D eigenvalue weighted by atomic mass is 16.3. The van der Waals surface area contributed by atoms with Gasteiger partial charge in [0, 0.05) is 18.4 Å². The van der Waals surface area contributed by atoms with Crippen molar-refractivity contribution in [1.82, 2.24) is 4.90 Å². The number of aliphatic hydroxyl groups is 1. The number of likely N-dealkylation sites (N-methyl/N-ethyl adjacent to an activating group) is 1. The maximum absolute atomic E-state index is 11.9. The minimum Gasteiger partial charge on any atom is -0.380 e. The van der Waals surface area contributed by atoms with Crippen LogP contribution in [0.3, 0.4) is 0 Å². The highest BCUT2D eigenvalue weighted by molar-refractivity contribution is 5.51. The molecule has 3 unspecified atom stereocenters. The van der Waals surface area contributed by atoms with Crippen LogP contribution in [0.5, 0.6) is 0 Å². The summed E-state index contributed by atoms with van der Waals surface area (Å²) in [5.41, 5.74) is 5.12. The van der Waals surface area contributed by atoms with E-state index in [9.17, 15) is 5.11 Å². The zero-order valence-corrected chi connectivity index (χ0v) is 14.2. The Bertz CT molecular complexity index is 753. The molecule has 120 valence electrons. The predicted molar refractivity (Wildman–Crippen MR) is 93.7 cm³/mol. The van der Waals surface area contributed by atoms with Gasteiger partial charge in [-0.25, -0.2) is 0 Å². The molecular weight excluding hydrogens is 282 g/mol. The molecule has 4 rings (SSSR count). The van der Waals surface area contributed by atoms with Crippen LogP contribution in [0.4, 0.5) is 0 Å². The molecule has 1 N–H and O–H groups in total. The fourth-order valence-electron chi connectivity index (χ4n) is 4.71. The third-order valence-electron chi connectivity index (χ3n) is 5.83. The summed E-state index contributed by atoms with van der Waals surface area (Å²) < 4.78 is 0. The van der Waals surface area contributed by atoms with Crippen LogP contribution in [0.1, 0.15) is 40.2 Å². The minimum absolute atomic E-state index is 0.275. The van der Waals surface area contributed by atoms with Crippen LogP contribution in [-0.2, 0) is 5.60 Å². The van der Waals surface area contributed by atoms with Crippen molar-refractivity contribution in [3.05, 3.63) is 70.3 Å². The maximum atomic E-state index is 11.9. The number of fused-ring (bicyclic) bond motifs is 3. The van der Waals surface area contributed by atoms with Crippen LogP contribution in [0.25, 0.3) is 0 Å². The molecule has 3 atom stereocenters. The zero-order chi connectivity index (χ0) is 16.2. The van der Waals surface area contributed by atoms with Gasteiger partial charge in [0.2, 0.25) is 0 Å². The Labute approximate surface area is 138 Å². The molecule has 2 aliphatic rings. The van der Waals surface area contributed by atoms with Gasteiger partial charge in [-0.2, -0.15) is 0 Å². The van der Waals surface area contributed by atoms with Crippen LogP contribution in [-0.4, -0.2) is 30.1 Å². The molecular formula is C21H25NO. The van der Waals surface area contributed by atoms with E-state index in [-0.39, 0.29) is 5.92 Å². The van der Waals surface area contributed by atoms with Crippen LogP contribution < -0.4 is 0 Å². The van der Waals surface area contributed by atoms with Gasteiger partial charge in [0.05, 0.1) is 0 Å². The van der Waals surface area contributed by atoms with Gasteiger partial charge < -0.3 is 10.0 Å². The number of likely N-dealkylation sites (tertiary alicyclic amines) is 1.